The molecule has 1 aromatic heterocycles. The topological polar surface area (TPSA) is 68.0 Å². The lowest BCUT2D eigenvalue weighted by Crippen LogP contribution is -2.26. The van der Waals surface area contributed by atoms with Gasteiger partial charge in [-0.25, -0.2) is 0 Å². The summed E-state index contributed by atoms with van der Waals surface area (Å²) in [5.74, 6) is -0.0711. The summed E-state index contributed by atoms with van der Waals surface area (Å²) in [6.45, 7) is 8.45. The van der Waals surface area contributed by atoms with Gasteiger partial charge in [-0.15, -0.1) is 0 Å². The van der Waals surface area contributed by atoms with Crippen LogP contribution in [0.25, 0.3) is 10.9 Å². The number of nitrogens with one attached hydrogen (secondary N) is 1. The third-order valence-electron chi connectivity index (χ3n) is 3.56. The lowest BCUT2D eigenvalue weighted by Gasteiger charge is -2.23. The van der Waals surface area contributed by atoms with Crippen molar-refractivity contribution in [2.75, 3.05) is 11.9 Å². The van der Waals surface area contributed by atoms with E-state index in [9.17, 15) is 4.79 Å². The smallest absolute Gasteiger partial charge is 0.221 e. The Morgan fingerprint density at radius 3 is 2.67 bits per heavy atom. The first-order valence-electron chi connectivity index (χ1n) is 7.19. The molecule has 0 bridgehead atoms. The van der Waals surface area contributed by atoms with Crippen LogP contribution >= 0.6 is 0 Å². The van der Waals surface area contributed by atoms with Crippen LogP contribution in [0.1, 0.15) is 32.0 Å². The number of aryl methyl sites for hydroxylation is 1. The molecule has 0 radical (unpaired) electrons. The summed E-state index contributed by atoms with van der Waals surface area (Å²) in [5, 5.41) is 3.90. The molecule has 1 amide bonds. The summed E-state index contributed by atoms with van der Waals surface area (Å²) in [6.07, 6.45) is 0.882. The highest BCUT2D eigenvalue weighted by Crippen LogP contribution is 2.28. The van der Waals surface area contributed by atoms with Crippen LogP contribution in [-0.4, -0.2) is 17.4 Å². The van der Waals surface area contributed by atoms with Crippen LogP contribution in [0, 0.1) is 12.3 Å². The van der Waals surface area contributed by atoms with Gasteiger partial charge in [0.05, 0.1) is 5.52 Å². The summed E-state index contributed by atoms with van der Waals surface area (Å²) >= 11 is 0. The maximum Gasteiger partial charge on any atom is 0.221 e. The van der Waals surface area contributed by atoms with Crippen molar-refractivity contribution in [2.24, 2.45) is 11.1 Å². The standard InChI is InChI=1S/C17H23N3O/c1-11-7-13(9-17(3,4)10-18)15-8-14(20-12(2)21)5-6-16(15)19-11/h5-8H,9-10,18H2,1-4H3,(H,20,21). The minimum Gasteiger partial charge on any atom is -0.330 e. The molecule has 21 heavy (non-hydrogen) atoms. The van der Waals surface area contributed by atoms with Crippen molar-refractivity contribution < 1.29 is 4.79 Å². The molecule has 2 aromatic rings. The number of anilines is 1. The van der Waals surface area contributed by atoms with Gasteiger partial charge in [0.15, 0.2) is 0 Å². The van der Waals surface area contributed by atoms with Crippen molar-refractivity contribution in [1.82, 2.24) is 4.98 Å². The van der Waals surface area contributed by atoms with Crippen LogP contribution in [0.2, 0.25) is 0 Å². The summed E-state index contributed by atoms with van der Waals surface area (Å²) in [5.41, 5.74) is 9.86. The van der Waals surface area contributed by atoms with Gasteiger partial charge in [-0.2, -0.15) is 0 Å². The second-order valence-electron chi connectivity index (χ2n) is 6.38. The highest BCUT2D eigenvalue weighted by Gasteiger charge is 2.18. The first kappa shape index (κ1) is 15.4. The van der Waals surface area contributed by atoms with Crippen LogP contribution in [0.5, 0.6) is 0 Å². The van der Waals surface area contributed by atoms with Crippen LogP contribution in [0.15, 0.2) is 24.3 Å². The minimum atomic E-state index is -0.0711. The molecule has 0 saturated carbocycles. The summed E-state index contributed by atoms with van der Waals surface area (Å²) in [4.78, 5) is 15.8. The zero-order valence-electron chi connectivity index (χ0n) is 13.2. The van der Waals surface area contributed by atoms with Gasteiger partial charge in [-0.1, -0.05) is 13.8 Å². The van der Waals surface area contributed by atoms with Gasteiger partial charge in [0.2, 0.25) is 5.91 Å². The maximum absolute atomic E-state index is 11.2. The van der Waals surface area contributed by atoms with E-state index in [1.54, 1.807) is 0 Å². The number of nitrogens with two attached hydrogens (primary N) is 1. The van der Waals surface area contributed by atoms with E-state index in [0.717, 1.165) is 28.7 Å². The summed E-state index contributed by atoms with van der Waals surface area (Å²) in [6, 6.07) is 7.93. The van der Waals surface area contributed by atoms with E-state index in [1.165, 1.54) is 12.5 Å². The van der Waals surface area contributed by atoms with E-state index in [0.29, 0.717) is 6.54 Å². The second kappa shape index (κ2) is 5.82. The quantitative estimate of drug-likeness (QED) is 0.907. The molecule has 0 aliphatic carbocycles. The number of hydrogen-bond acceptors (Lipinski definition) is 3. The minimum absolute atomic E-state index is 0.0325. The molecule has 3 N–H and O–H groups in total. The number of aromatic nitrogens is 1. The first-order chi connectivity index (χ1) is 9.80. The fraction of sp³-hybridized carbons (Fsp3) is 0.412. The monoisotopic (exact) mass is 285 g/mol. The highest BCUT2D eigenvalue weighted by atomic mass is 16.1. The number of carbonyl (C=O) groups is 1. The number of fused-ring (bicyclic) bond motifs is 1. The van der Waals surface area contributed by atoms with Gasteiger partial charge in [0, 0.05) is 23.7 Å². The zero-order chi connectivity index (χ0) is 15.6. The SMILES string of the molecule is CC(=O)Nc1ccc2nc(C)cc(CC(C)(C)CN)c2c1. The first-order valence-corrected chi connectivity index (χ1v) is 7.19. The molecule has 0 aliphatic heterocycles. The van der Waals surface area contributed by atoms with E-state index in [4.69, 9.17) is 5.73 Å². The van der Waals surface area contributed by atoms with Crippen LogP contribution < -0.4 is 11.1 Å². The summed E-state index contributed by atoms with van der Waals surface area (Å²) in [7, 11) is 0. The van der Waals surface area contributed by atoms with Crippen molar-refractivity contribution in [3.63, 3.8) is 0 Å². The van der Waals surface area contributed by atoms with Gasteiger partial charge in [-0.05, 0) is 55.1 Å². The normalized spacial score (nSPS) is 11.7. The Balaban J connectivity index is 2.53. The van der Waals surface area contributed by atoms with Gasteiger partial charge in [-0.3, -0.25) is 9.78 Å². The molecule has 0 aliphatic rings. The number of hydrogen-bond donors (Lipinski definition) is 2. The third kappa shape index (κ3) is 3.79. The molecule has 4 heteroatoms. The van der Waals surface area contributed by atoms with Crippen LogP contribution in [0.4, 0.5) is 5.69 Å². The maximum atomic E-state index is 11.2. The molecule has 112 valence electrons. The fourth-order valence-corrected chi connectivity index (χ4v) is 2.46. The molecular weight excluding hydrogens is 262 g/mol. The molecule has 1 heterocycles. The van der Waals surface area contributed by atoms with Gasteiger partial charge < -0.3 is 11.1 Å². The largest absolute Gasteiger partial charge is 0.330 e. The second-order valence-corrected chi connectivity index (χ2v) is 6.38. The number of carbonyl (C=O) groups excluding carboxylic acids is 1. The van der Waals surface area contributed by atoms with E-state index in [2.05, 4.69) is 30.2 Å². The molecule has 1 aromatic carbocycles. The van der Waals surface area contributed by atoms with Crippen LogP contribution in [-0.2, 0) is 11.2 Å². The number of rotatable bonds is 4. The molecule has 4 nitrogen and oxygen atoms in total. The molecule has 0 unspecified atom stereocenters. The van der Waals surface area contributed by atoms with Crippen molar-refractivity contribution in [3.8, 4) is 0 Å². The average molecular weight is 285 g/mol. The molecule has 0 fully saturated rings. The Bertz CT molecular complexity index is 677. The van der Waals surface area contributed by atoms with E-state index >= 15 is 0 Å². The average Bonchev–Trinajstić information content (AvgIpc) is 2.38. The highest BCUT2D eigenvalue weighted by molar-refractivity contribution is 5.93. The molecule has 2 rings (SSSR count). The number of pyridine rings is 1. The van der Waals surface area contributed by atoms with Gasteiger partial charge in [0.25, 0.3) is 0 Å². The predicted molar refractivity (Wildman–Crippen MR) is 87.3 cm³/mol. The number of benzene rings is 1. The Morgan fingerprint density at radius 1 is 1.33 bits per heavy atom. The Labute approximate surface area is 125 Å². The fourth-order valence-electron chi connectivity index (χ4n) is 2.46. The third-order valence-corrected chi connectivity index (χ3v) is 3.56. The number of amides is 1. The number of nitrogens with zero attached hydrogens (tertiary/aromatic N) is 1. The Hall–Kier alpha value is -1.94. The lowest BCUT2D eigenvalue weighted by molar-refractivity contribution is -0.114. The molecule has 0 atom stereocenters. The van der Waals surface area contributed by atoms with Crippen LogP contribution in [0.3, 0.4) is 0 Å². The van der Waals surface area contributed by atoms with Crippen molar-refractivity contribution in [2.45, 2.75) is 34.1 Å². The Morgan fingerprint density at radius 2 is 2.05 bits per heavy atom. The van der Waals surface area contributed by atoms with Crippen molar-refractivity contribution in [3.05, 3.63) is 35.5 Å². The molecule has 0 saturated heterocycles. The predicted octanol–water partition coefficient (Wildman–Crippen LogP) is 3.03. The van der Waals surface area contributed by atoms with E-state index in [1.807, 2.05) is 25.1 Å². The molecule has 0 spiro atoms. The summed E-state index contributed by atoms with van der Waals surface area (Å²) < 4.78 is 0. The van der Waals surface area contributed by atoms with Crippen molar-refractivity contribution in [1.29, 1.82) is 0 Å². The van der Waals surface area contributed by atoms with E-state index in [-0.39, 0.29) is 11.3 Å². The zero-order valence-corrected chi connectivity index (χ0v) is 13.2. The molecular formula is C17H23N3O. The van der Waals surface area contributed by atoms with Gasteiger partial charge in [0.1, 0.15) is 0 Å². The van der Waals surface area contributed by atoms with Crippen molar-refractivity contribution >= 4 is 22.5 Å². The Kier molecular flexibility index (Phi) is 4.28. The van der Waals surface area contributed by atoms with E-state index < -0.39 is 0 Å². The van der Waals surface area contributed by atoms with Gasteiger partial charge >= 0.3 is 0 Å². The lowest BCUT2D eigenvalue weighted by atomic mass is 9.84.